The number of rotatable bonds is 5. The number of carbonyl (C=O) groups is 2. The largest absolute Gasteiger partial charge is 0.476 e. The van der Waals surface area contributed by atoms with Crippen molar-refractivity contribution in [3.63, 3.8) is 0 Å². The normalized spacial score (nSPS) is 10.4. The highest BCUT2D eigenvalue weighted by Crippen LogP contribution is 2.26. The van der Waals surface area contributed by atoms with Gasteiger partial charge >= 0.3 is 5.97 Å². The molecule has 19 heavy (non-hydrogen) atoms. The summed E-state index contributed by atoms with van der Waals surface area (Å²) in [5, 5.41) is 9.49. The molecular formula is C11H12N4O3S. The van der Waals surface area contributed by atoms with E-state index in [9.17, 15) is 9.59 Å². The first-order valence-corrected chi connectivity index (χ1v) is 6.25. The number of H-pyrrole nitrogens is 1. The Morgan fingerprint density at radius 2 is 2.26 bits per heavy atom. The molecule has 0 amide bonds. The molecule has 0 radical (unpaired) electrons. The third-order valence-electron chi connectivity index (χ3n) is 2.41. The predicted octanol–water partition coefficient (Wildman–Crippen LogP) is 1.40. The van der Waals surface area contributed by atoms with Gasteiger partial charge < -0.3 is 15.0 Å². The highest BCUT2D eigenvalue weighted by molar-refractivity contribution is 7.17. The quantitative estimate of drug-likeness (QED) is 0.803. The van der Waals surface area contributed by atoms with Gasteiger partial charge in [0.05, 0.1) is 6.54 Å². The van der Waals surface area contributed by atoms with Crippen LogP contribution in [0.1, 0.15) is 32.9 Å². The summed E-state index contributed by atoms with van der Waals surface area (Å²) in [4.78, 5) is 35.3. The van der Waals surface area contributed by atoms with Crippen LogP contribution in [0.5, 0.6) is 0 Å². The molecule has 0 aliphatic carbocycles. The third kappa shape index (κ3) is 2.79. The van der Waals surface area contributed by atoms with Crippen molar-refractivity contribution in [1.29, 1.82) is 0 Å². The van der Waals surface area contributed by atoms with Gasteiger partial charge in [0.1, 0.15) is 10.7 Å². The minimum Gasteiger partial charge on any atom is -0.476 e. The van der Waals surface area contributed by atoms with Crippen molar-refractivity contribution in [2.45, 2.75) is 13.5 Å². The lowest BCUT2D eigenvalue weighted by Gasteiger charge is -2.13. The fraction of sp³-hybridized carbons (Fsp3) is 0.273. The van der Waals surface area contributed by atoms with Crippen molar-refractivity contribution in [2.75, 3.05) is 11.9 Å². The number of carboxylic acids is 1. The van der Waals surface area contributed by atoms with Gasteiger partial charge in [-0.2, -0.15) is 0 Å². The van der Waals surface area contributed by atoms with Crippen molar-refractivity contribution in [1.82, 2.24) is 15.0 Å². The zero-order valence-electron chi connectivity index (χ0n) is 10.4. The van der Waals surface area contributed by atoms with Crippen molar-refractivity contribution in [3.8, 4) is 0 Å². The molecule has 100 valence electrons. The maximum atomic E-state index is 11.4. The Morgan fingerprint density at radius 3 is 2.74 bits per heavy atom. The van der Waals surface area contributed by atoms with Crippen LogP contribution in [-0.4, -0.2) is 38.9 Å². The van der Waals surface area contributed by atoms with Crippen molar-refractivity contribution in [3.05, 3.63) is 28.8 Å². The summed E-state index contributed by atoms with van der Waals surface area (Å²) >= 11 is 1.07. The number of nitrogens with zero attached hydrogens (tertiary/aromatic N) is 3. The van der Waals surface area contributed by atoms with Gasteiger partial charge in [0.15, 0.2) is 16.6 Å². The average molecular weight is 280 g/mol. The first-order valence-electron chi connectivity index (χ1n) is 5.43. The van der Waals surface area contributed by atoms with Crippen LogP contribution >= 0.6 is 11.3 Å². The van der Waals surface area contributed by atoms with E-state index < -0.39 is 5.97 Å². The summed E-state index contributed by atoms with van der Waals surface area (Å²) in [5.74, 6) is -0.759. The fourth-order valence-corrected chi connectivity index (χ4v) is 2.45. The van der Waals surface area contributed by atoms with Crippen LogP contribution in [0.3, 0.4) is 0 Å². The van der Waals surface area contributed by atoms with E-state index in [0.717, 1.165) is 17.2 Å². The molecule has 0 saturated heterocycles. The molecule has 0 spiro atoms. The fourth-order valence-electron chi connectivity index (χ4n) is 1.53. The summed E-state index contributed by atoms with van der Waals surface area (Å²) in [5.41, 5.74) is -0.196. The minimum absolute atomic E-state index is 0.161. The zero-order chi connectivity index (χ0) is 14.0. The van der Waals surface area contributed by atoms with E-state index >= 15 is 0 Å². The minimum atomic E-state index is -1.20. The molecule has 0 bridgehead atoms. The van der Waals surface area contributed by atoms with E-state index in [4.69, 9.17) is 5.11 Å². The first kappa shape index (κ1) is 13.2. The summed E-state index contributed by atoms with van der Waals surface area (Å²) in [6.07, 6.45) is 3.34. The third-order valence-corrected chi connectivity index (χ3v) is 3.68. The molecule has 2 aromatic rings. The molecule has 2 aromatic heterocycles. The van der Waals surface area contributed by atoms with Gasteiger partial charge in [0.25, 0.3) is 0 Å². The van der Waals surface area contributed by atoms with E-state index in [1.807, 2.05) is 0 Å². The van der Waals surface area contributed by atoms with Gasteiger partial charge in [-0.25, -0.2) is 14.8 Å². The number of anilines is 1. The molecule has 0 fully saturated rings. The lowest BCUT2D eigenvalue weighted by atomic mass is 10.3. The summed E-state index contributed by atoms with van der Waals surface area (Å²) in [6, 6.07) is 0. The molecular weight excluding hydrogens is 268 g/mol. The van der Waals surface area contributed by atoms with Gasteiger partial charge in [0, 0.05) is 26.4 Å². The highest BCUT2D eigenvalue weighted by atomic mass is 32.1. The van der Waals surface area contributed by atoms with Gasteiger partial charge in [0.2, 0.25) is 0 Å². The Bertz CT molecular complexity index is 574. The Kier molecular flexibility index (Phi) is 3.61. The van der Waals surface area contributed by atoms with E-state index in [-0.39, 0.29) is 16.4 Å². The van der Waals surface area contributed by atoms with Gasteiger partial charge in [-0.15, -0.1) is 0 Å². The molecule has 0 atom stereocenters. The number of aromatic nitrogens is 3. The Balaban J connectivity index is 2.27. The second kappa shape index (κ2) is 5.19. The highest BCUT2D eigenvalue weighted by Gasteiger charge is 2.22. The molecule has 2 rings (SSSR count). The van der Waals surface area contributed by atoms with Crippen LogP contribution in [0.2, 0.25) is 0 Å². The number of ketones is 1. The molecule has 2 heterocycles. The Hall–Kier alpha value is -2.22. The van der Waals surface area contributed by atoms with E-state index in [1.54, 1.807) is 24.3 Å². The molecule has 0 aromatic carbocycles. The van der Waals surface area contributed by atoms with Crippen LogP contribution in [0.4, 0.5) is 5.13 Å². The van der Waals surface area contributed by atoms with E-state index in [0.29, 0.717) is 11.7 Å². The van der Waals surface area contributed by atoms with Crippen LogP contribution < -0.4 is 4.90 Å². The number of hydrogen-bond acceptors (Lipinski definition) is 6. The number of hydrogen-bond donors (Lipinski definition) is 2. The summed E-state index contributed by atoms with van der Waals surface area (Å²) < 4.78 is 0. The topological polar surface area (TPSA) is 99.2 Å². The maximum absolute atomic E-state index is 11.4. The number of aromatic carboxylic acids is 1. The number of carboxylic acid groups (broad SMARTS) is 1. The molecule has 0 aliphatic heterocycles. The summed E-state index contributed by atoms with van der Waals surface area (Å²) in [7, 11) is 1.76. The van der Waals surface area contributed by atoms with Crippen LogP contribution in [0.25, 0.3) is 0 Å². The van der Waals surface area contributed by atoms with Crippen molar-refractivity contribution >= 4 is 28.2 Å². The van der Waals surface area contributed by atoms with E-state index in [1.165, 1.54) is 6.92 Å². The second-order valence-electron chi connectivity index (χ2n) is 3.93. The number of thiazole rings is 1. The second-order valence-corrected chi connectivity index (χ2v) is 4.90. The standard InChI is InChI=1S/C11H12N4O3S/c1-6(16)9-8(10(17)18)14-11(19-9)15(2)5-7-12-3-4-13-7/h3-4H,5H2,1-2H3,(H,12,13)(H,17,18). The molecule has 8 heteroatoms. The van der Waals surface area contributed by atoms with Gasteiger partial charge in [-0.1, -0.05) is 11.3 Å². The maximum Gasteiger partial charge on any atom is 0.356 e. The number of imidazole rings is 1. The predicted molar refractivity (Wildman–Crippen MR) is 69.8 cm³/mol. The van der Waals surface area contributed by atoms with Gasteiger partial charge in [-0.05, 0) is 0 Å². The van der Waals surface area contributed by atoms with Crippen molar-refractivity contribution in [2.24, 2.45) is 0 Å². The molecule has 0 unspecified atom stereocenters. The molecule has 2 N–H and O–H groups in total. The van der Waals surface area contributed by atoms with Crippen LogP contribution in [-0.2, 0) is 6.54 Å². The Labute approximate surface area is 112 Å². The number of carbonyl (C=O) groups excluding carboxylic acids is 1. The Morgan fingerprint density at radius 1 is 1.53 bits per heavy atom. The van der Waals surface area contributed by atoms with Crippen LogP contribution in [0.15, 0.2) is 12.4 Å². The summed E-state index contributed by atoms with van der Waals surface area (Å²) in [6.45, 7) is 1.78. The van der Waals surface area contributed by atoms with Crippen molar-refractivity contribution < 1.29 is 14.7 Å². The molecule has 0 aliphatic rings. The SMILES string of the molecule is CC(=O)c1sc(N(C)Cc2ncc[nH]2)nc1C(=O)O. The number of aromatic amines is 1. The number of nitrogens with one attached hydrogen (secondary N) is 1. The van der Waals surface area contributed by atoms with Gasteiger partial charge in [-0.3, -0.25) is 4.79 Å². The monoisotopic (exact) mass is 280 g/mol. The first-order chi connectivity index (χ1) is 8.99. The van der Waals surface area contributed by atoms with E-state index in [2.05, 4.69) is 15.0 Å². The zero-order valence-corrected chi connectivity index (χ0v) is 11.2. The van der Waals surface area contributed by atoms with Crippen LogP contribution in [0, 0.1) is 0 Å². The lowest BCUT2D eigenvalue weighted by molar-refractivity contribution is 0.0687. The lowest BCUT2D eigenvalue weighted by Crippen LogP contribution is -2.17. The number of Topliss-reactive ketones (excluding diaryl/α,β-unsaturated/α-hetero) is 1. The average Bonchev–Trinajstić information content (AvgIpc) is 2.96. The smallest absolute Gasteiger partial charge is 0.356 e. The molecule has 7 nitrogen and oxygen atoms in total. The molecule has 0 saturated carbocycles.